The molecule has 0 N–H and O–H groups in total. The van der Waals surface area contributed by atoms with Crippen LogP contribution < -0.4 is 0 Å². The van der Waals surface area contributed by atoms with Crippen molar-refractivity contribution in [3.05, 3.63) is 321 Å². The van der Waals surface area contributed by atoms with Crippen LogP contribution in [0.2, 0.25) is 0 Å². The van der Waals surface area contributed by atoms with Crippen LogP contribution in [0, 0.1) is 13.8 Å². The van der Waals surface area contributed by atoms with Crippen molar-refractivity contribution >= 4 is 23.7 Å². The lowest BCUT2D eigenvalue weighted by Crippen LogP contribution is -2.67. The first-order valence-electron chi connectivity index (χ1n) is 37.2. The first-order valence-corrected chi connectivity index (χ1v) is 38.3. The molecule has 109 heavy (non-hydrogen) atoms. The molecule has 19 nitrogen and oxygen atoms in total. The summed E-state index contributed by atoms with van der Waals surface area (Å²) in [6.07, 6.45) is -13.2. The van der Waals surface area contributed by atoms with Crippen LogP contribution in [0.1, 0.15) is 95.1 Å². The van der Waals surface area contributed by atoms with Crippen molar-refractivity contribution in [3.63, 3.8) is 0 Å². The molecule has 0 aliphatic carbocycles. The Balaban J connectivity index is 0.815. The van der Waals surface area contributed by atoms with Gasteiger partial charge in [-0.15, -0.1) is 11.8 Å². The highest BCUT2D eigenvalue weighted by atomic mass is 32.2. The lowest BCUT2D eigenvalue weighted by atomic mass is 9.95. The molecule has 4 aliphatic rings. The van der Waals surface area contributed by atoms with Gasteiger partial charge in [-0.1, -0.05) is 244 Å². The minimum Gasteiger partial charge on any atom is -0.465 e. The number of carbonyl (C=O) groups is 2. The number of benzene rings is 9. The molecule has 4 aliphatic heterocycles. The second-order valence-electron chi connectivity index (χ2n) is 27.3. The quantitative estimate of drug-likeness (QED) is 0.0340. The van der Waals surface area contributed by atoms with E-state index in [1.807, 2.05) is 250 Å². The number of aryl methyl sites for hydroxylation is 2. The fourth-order valence-electron chi connectivity index (χ4n) is 14.0. The van der Waals surface area contributed by atoms with Gasteiger partial charge in [-0.25, -0.2) is 9.59 Å². The lowest BCUT2D eigenvalue weighted by Gasteiger charge is -2.51. The highest BCUT2D eigenvalue weighted by molar-refractivity contribution is 7.99. The molecule has 0 radical (unpaired) electrons. The maximum absolute atomic E-state index is 15.0. The molecule has 4 fully saturated rings. The predicted molar refractivity (Wildman–Crippen MR) is 408 cm³/mol. The highest BCUT2D eigenvalue weighted by Crippen LogP contribution is 2.41. The number of rotatable bonds is 35. The van der Waals surface area contributed by atoms with Crippen molar-refractivity contribution in [2.75, 3.05) is 39.8 Å². The number of hydrogen-bond donors (Lipinski definition) is 0. The third-order valence-corrected chi connectivity index (χ3v) is 20.7. The molecule has 572 valence electrons. The highest BCUT2D eigenvalue weighted by Gasteiger charge is 2.56. The second-order valence-corrected chi connectivity index (χ2v) is 28.7. The molecule has 4 heterocycles. The van der Waals surface area contributed by atoms with Crippen molar-refractivity contribution in [1.82, 2.24) is 0 Å². The van der Waals surface area contributed by atoms with E-state index < -0.39 is 109 Å². The number of carbonyl (C=O) groups excluding carboxylic acids is 2. The maximum atomic E-state index is 15.0. The molecule has 0 amide bonds. The molecule has 4 saturated heterocycles. The van der Waals surface area contributed by atoms with Gasteiger partial charge in [-0.05, 0) is 87.4 Å². The van der Waals surface area contributed by atoms with Crippen LogP contribution in [0.3, 0.4) is 0 Å². The van der Waals surface area contributed by atoms with Gasteiger partial charge in [0, 0.05) is 12.7 Å². The first kappa shape index (κ1) is 78.8. The minimum absolute atomic E-state index is 0.0398. The van der Waals surface area contributed by atoms with E-state index in [1.54, 1.807) is 31.0 Å². The summed E-state index contributed by atoms with van der Waals surface area (Å²) in [5, 5.41) is 0. The number of thioether (sulfide) groups is 1. The Bertz CT molecular complexity index is 4210. The largest absolute Gasteiger partial charge is 0.465 e. The summed E-state index contributed by atoms with van der Waals surface area (Å²) in [5.41, 5.74) is 9.47. The normalized spacial score (nSPS) is 25.4. The van der Waals surface area contributed by atoms with Gasteiger partial charge in [0.1, 0.15) is 85.3 Å². The van der Waals surface area contributed by atoms with Crippen molar-refractivity contribution < 1.29 is 90.1 Å². The van der Waals surface area contributed by atoms with Crippen molar-refractivity contribution in [2.24, 2.45) is 0 Å². The van der Waals surface area contributed by atoms with E-state index >= 15 is 4.79 Å². The summed E-state index contributed by atoms with van der Waals surface area (Å²) in [4.78, 5) is 27.9. The number of fused-ring (bicyclic) bond motifs is 1. The number of methoxy groups -OCH3 is 2. The summed E-state index contributed by atoms with van der Waals surface area (Å²) in [6, 6.07) is 80.3. The zero-order chi connectivity index (χ0) is 75.1. The summed E-state index contributed by atoms with van der Waals surface area (Å²) in [7, 11) is 2.92. The number of esters is 2. The first-order chi connectivity index (χ1) is 53.6. The summed E-state index contributed by atoms with van der Waals surface area (Å²) in [5.74, 6) is -0.315. The van der Waals surface area contributed by atoms with Gasteiger partial charge in [-0.2, -0.15) is 0 Å². The minimum atomic E-state index is -1.25. The fraction of sp³-hybridized carbons (Fsp3) is 0.371. The van der Waals surface area contributed by atoms with Gasteiger partial charge in [0.25, 0.3) is 0 Å². The Morgan fingerprint density at radius 1 is 0.394 bits per heavy atom. The summed E-state index contributed by atoms with van der Waals surface area (Å²) >= 11 is 1.60. The smallest absolute Gasteiger partial charge is 0.338 e. The summed E-state index contributed by atoms with van der Waals surface area (Å²) < 4.78 is 116. The number of ether oxygens (including phenoxy) is 17. The molecule has 0 aromatic heterocycles. The van der Waals surface area contributed by atoms with E-state index in [-0.39, 0.29) is 66.1 Å². The van der Waals surface area contributed by atoms with Crippen molar-refractivity contribution in [1.29, 1.82) is 0 Å². The molecule has 20 heteroatoms. The maximum Gasteiger partial charge on any atom is 0.338 e. The Kier molecular flexibility index (Phi) is 28.9. The molecule has 0 saturated carbocycles. The molecule has 0 unspecified atom stereocenters. The van der Waals surface area contributed by atoms with Gasteiger partial charge in [0.15, 0.2) is 18.9 Å². The Morgan fingerprint density at radius 2 is 0.807 bits per heavy atom. The molecular formula is C89H96O19S. The van der Waals surface area contributed by atoms with Crippen LogP contribution in [0.25, 0.3) is 0 Å². The molecule has 9 aromatic rings. The van der Waals surface area contributed by atoms with Gasteiger partial charge in [-0.3, -0.25) is 0 Å². The zero-order valence-corrected chi connectivity index (χ0v) is 62.9. The predicted octanol–water partition coefficient (Wildman–Crippen LogP) is 14.9. The van der Waals surface area contributed by atoms with Gasteiger partial charge >= 0.3 is 11.9 Å². The van der Waals surface area contributed by atoms with E-state index in [0.29, 0.717) is 34.6 Å². The molecule has 13 rings (SSSR count). The van der Waals surface area contributed by atoms with Crippen LogP contribution in [-0.2, 0) is 133 Å². The molecular weight excluding hydrogens is 1410 g/mol. The van der Waals surface area contributed by atoms with Crippen LogP contribution >= 0.6 is 11.8 Å². The van der Waals surface area contributed by atoms with Crippen LogP contribution in [0.15, 0.2) is 249 Å². The van der Waals surface area contributed by atoms with Gasteiger partial charge in [0.2, 0.25) is 0 Å². The monoisotopic (exact) mass is 1500 g/mol. The second kappa shape index (κ2) is 40.0. The average Bonchev–Trinajstić information content (AvgIpc) is 0.764. The van der Waals surface area contributed by atoms with E-state index in [0.717, 1.165) is 50.1 Å². The number of hydrogen-bond acceptors (Lipinski definition) is 20. The van der Waals surface area contributed by atoms with Gasteiger partial charge in [0.05, 0.1) is 84.3 Å². The molecule has 0 bridgehead atoms. The topological polar surface area (TPSA) is 191 Å². The lowest BCUT2D eigenvalue weighted by molar-refractivity contribution is -0.397. The van der Waals surface area contributed by atoms with Crippen LogP contribution in [-0.4, -0.2) is 143 Å². The van der Waals surface area contributed by atoms with Crippen molar-refractivity contribution in [3.8, 4) is 0 Å². The SMILES string of the molecule is CCS[C@@H]1O[C@H](COC(=O)c2cc(CO[C@@H]3[C@@H](OCc4ccccc4)[C@H](O[C@H]4[C@H](OCc5ccccc5)[C@@H](OCc5ccccc5)[C@@H](OC)O[C@@H]4COCc4ccc(C)c(C(=O)OC)c4)O[C@@H]4CO[C@@H](c5ccccc5)O[C@@H]34)ccc2C)[C@@H](OCc2ccccc2)[C@H](OCc2ccccc2)[C@H]1OCc1ccccc1. The van der Waals surface area contributed by atoms with E-state index in [4.69, 9.17) is 80.5 Å². The van der Waals surface area contributed by atoms with Gasteiger partial charge < -0.3 is 80.5 Å². The average molecular weight is 1500 g/mol. The van der Waals surface area contributed by atoms with E-state index in [2.05, 4.69) is 6.92 Å². The van der Waals surface area contributed by atoms with Crippen molar-refractivity contribution in [2.45, 2.75) is 171 Å². The third-order valence-electron chi connectivity index (χ3n) is 19.7. The molecule has 9 aromatic carbocycles. The Morgan fingerprint density at radius 3 is 1.29 bits per heavy atom. The Hall–Kier alpha value is -8.33. The Labute approximate surface area is 642 Å². The van der Waals surface area contributed by atoms with Crippen LogP contribution in [0.5, 0.6) is 0 Å². The van der Waals surface area contributed by atoms with E-state index in [9.17, 15) is 4.79 Å². The van der Waals surface area contributed by atoms with Crippen LogP contribution in [0.4, 0.5) is 0 Å². The van der Waals surface area contributed by atoms with E-state index in [1.165, 1.54) is 7.11 Å². The third kappa shape index (κ3) is 21.2. The fourth-order valence-corrected chi connectivity index (χ4v) is 14.9. The standard InChI is InChI=1S/C89H96O19S/c1-6-109-89-83(101-54-66-38-24-12-25-39-66)78(96-50-62-30-16-8-17-31-62)75(95-49-61-28-14-7-15-29-61)73(106-89)57-102-85(91)71-47-68(45-43-60(71)3)55-98-80-77-74(58-103-86(107-77)69-40-26-13-27-41-69)105-88(82(80)100-53-65-36-22-11-23-37-65)108-76-72(56-94-48-67-44-42-59(2)70(46-67)84(90)92-4)104-87(93-5)81(99-52-64-34-20-10-21-35-64)79(76)97-51-63-32-18-9-19-33-63/h7-47,72-83,86-89H,6,48-58H2,1-5H3/t72-,73-,74-,75-,76-,77-,78+,79+,80+,81-,82-,83-,86-,87+,88+,89+/m1/s1. The zero-order valence-electron chi connectivity index (χ0n) is 62.1. The summed E-state index contributed by atoms with van der Waals surface area (Å²) in [6.45, 7) is 6.95. The molecule has 0 spiro atoms. The molecule has 16 atom stereocenters.